The first-order valence-corrected chi connectivity index (χ1v) is 11.3. The summed E-state index contributed by atoms with van der Waals surface area (Å²) in [6, 6.07) is 13.4. The first kappa shape index (κ1) is 23.8. The maximum atomic E-state index is 10.8. The molecule has 0 amide bonds. The maximum absolute atomic E-state index is 10.8. The molecule has 0 aliphatic carbocycles. The average molecular weight is 480 g/mol. The third-order valence-corrected chi connectivity index (χ3v) is 5.87. The topological polar surface area (TPSA) is 88.9 Å². The molecule has 2 aromatic heterocycles. The van der Waals surface area contributed by atoms with E-state index in [1.54, 1.807) is 18.2 Å². The van der Waals surface area contributed by atoms with E-state index in [0.29, 0.717) is 27.8 Å². The van der Waals surface area contributed by atoms with E-state index in [-0.39, 0.29) is 12.8 Å². The number of aliphatic imine (C=N–C) groups is 1. The number of aromatic nitrogens is 2. The number of hydrogen-bond acceptors (Lipinski definition) is 8. The summed E-state index contributed by atoms with van der Waals surface area (Å²) in [5.41, 5.74) is 4.54. The third kappa shape index (κ3) is 5.59. The van der Waals surface area contributed by atoms with Gasteiger partial charge in [0.1, 0.15) is 6.73 Å². The largest absolute Gasteiger partial charge is 0.378 e. The lowest BCUT2D eigenvalue weighted by molar-refractivity contribution is 0.0772. The van der Waals surface area contributed by atoms with Crippen LogP contribution >= 0.6 is 11.6 Å². The zero-order chi connectivity index (χ0) is 23.9. The van der Waals surface area contributed by atoms with E-state index >= 15 is 0 Å². The molecule has 0 bridgehead atoms. The third-order valence-electron chi connectivity index (χ3n) is 5.58. The summed E-state index contributed by atoms with van der Waals surface area (Å²) in [5, 5.41) is 3.65. The highest BCUT2D eigenvalue weighted by Gasteiger charge is 2.15. The van der Waals surface area contributed by atoms with Gasteiger partial charge in [0.2, 0.25) is 0 Å². The van der Waals surface area contributed by atoms with Gasteiger partial charge >= 0.3 is 0 Å². The van der Waals surface area contributed by atoms with E-state index in [2.05, 4.69) is 44.0 Å². The van der Waals surface area contributed by atoms with Crippen molar-refractivity contribution in [2.75, 3.05) is 43.3 Å². The molecule has 8 nitrogen and oxygen atoms in total. The number of aldehydes is 1. The Balaban J connectivity index is 1.43. The van der Waals surface area contributed by atoms with Gasteiger partial charge in [0.15, 0.2) is 12.1 Å². The molecule has 1 saturated heterocycles. The number of morpholine rings is 1. The van der Waals surface area contributed by atoms with Crippen LogP contribution in [0, 0.1) is 0 Å². The number of rotatable bonds is 9. The van der Waals surface area contributed by atoms with Gasteiger partial charge in [-0.25, -0.2) is 9.98 Å². The summed E-state index contributed by atoms with van der Waals surface area (Å²) in [6.45, 7) is 8.95. The lowest BCUT2D eigenvalue weighted by Crippen LogP contribution is -2.36. The molecule has 1 N–H and O–H groups in total. The second-order valence-electron chi connectivity index (χ2n) is 7.76. The van der Waals surface area contributed by atoms with E-state index in [4.69, 9.17) is 21.1 Å². The summed E-state index contributed by atoms with van der Waals surface area (Å²) < 4.78 is 11.2. The fourth-order valence-corrected chi connectivity index (χ4v) is 3.90. The predicted molar refractivity (Wildman–Crippen MR) is 135 cm³/mol. The first-order chi connectivity index (χ1) is 16.6. The number of hydrogen-bond donors (Lipinski definition) is 1. The molecular weight excluding hydrogens is 454 g/mol. The number of halogens is 1. The van der Waals surface area contributed by atoms with E-state index in [1.165, 1.54) is 6.20 Å². The van der Waals surface area contributed by atoms with Crippen LogP contribution in [0.25, 0.3) is 11.3 Å². The molecule has 176 valence electrons. The van der Waals surface area contributed by atoms with Crippen LogP contribution in [0.1, 0.15) is 29.1 Å². The van der Waals surface area contributed by atoms with Crippen molar-refractivity contribution in [2.45, 2.75) is 13.0 Å². The number of carbonyl (C=O) groups excluding carboxylic acids is 1. The van der Waals surface area contributed by atoms with Crippen molar-refractivity contribution < 1.29 is 14.3 Å². The fraction of sp³-hybridized carbons (Fsp3) is 0.280. The number of nitrogens with zero attached hydrogens (tertiary/aromatic N) is 4. The Morgan fingerprint density at radius 3 is 2.68 bits per heavy atom. The molecule has 34 heavy (non-hydrogen) atoms. The SMILES string of the molecule is C=Nc1nc(-c2ccc(N3CCOCC3)cc2)c(Cl)cc1NCOC(C)c1ccc(C=O)cn1. The van der Waals surface area contributed by atoms with E-state index in [0.717, 1.165) is 49.5 Å². The van der Waals surface area contributed by atoms with Crippen molar-refractivity contribution in [3.05, 3.63) is 64.9 Å². The van der Waals surface area contributed by atoms with Crippen molar-refractivity contribution in [1.82, 2.24) is 9.97 Å². The van der Waals surface area contributed by atoms with Gasteiger partial charge in [-0.3, -0.25) is 9.78 Å². The Bertz CT molecular complexity index is 1130. The molecular formula is C25H26ClN5O3. The quantitative estimate of drug-likeness (QED) is 0.264. The van der Waals surface area contributed by atoms with Crippen LogP contribution < -0.4 is 10.2 Å². The number of ether oxygens (including phenoxy) is 2. The highest BCUT2D eigenvalue weighted by molar-refractivity contribution is 6.33. The van der Waals surface area contributed by atoms with Crippen LogP contribution in [-0.4, -0.2) is 56.0 Å². The number of benzene rings is 1. The minimum absolute atomic E-state index is 0.187. The molecule has 3 aromatic rings. The summed E-state index contributed by atoms with van der Waals surface area (Å²) >= 11 is 6.58. The number of anilines is 2. The lowest BCUT2D eigenvalue weighted by atomic mass is 10.1. The van der Waals surface area contributed by atoms with Gasteiger partial charge in [-0.2, -0.15) is 0 Å². The molecule has 0 radical (unpaired) electrons. The van der Waals surface area contributed by atoms with Gasteiger partial charge in [-0.15, -0.1) is 0 Å². The highest BCUT2D eigenvalue weighted by atomic mass is 35.5. The molecule has 1 aliphatic rings. The monoisotopic (exact) mass is 479 g/mol. The summed E-state index contributed by atoms with van der Waals surface area (Å²) in [4.78, 5) is 26.0. The molecule has 1 aromatic carbocycles. The van der Waals surface area contributed by atoms with Crippen molar-refractivity contribution in [2.24, 2.45) is 4.99 Å². The first-order valence-electron chi connectivity index (χ1n) is 11.0. The van der Waals surface area contributed by atoms with Crippen molar-refractivity contribution in [1.29, 1.82) is 0 Å². The van der Waals surface area contributed by atoms with E-state index < -0.39 is 0 Å². The van der Waals surface area contributed by atoms with Gasteiger partial charge in [0, 0.05) is 36.1 Å². The molecule has 3 heterocycles. The predicted octanol–water partition coefficient (Wildman–Crippen LogP) is 4.93. The van der Waals surface area contributed by atoms with Gasteiger partial charge in [-0.05, 0) is 44.0 Å². The van der Waals surface area contributed by atoms with E-state index in [1.807, 2.05) is 19.1 Å². The van der Waals surface area contributed by atoms with Crippen LogP contribution in [0.3, 0.4) is 0 Å². The maximum Gasteiger partial charge on any atom is 0.175 e. The number of carbonyl (C=O) groups is 1. The molecule has 9 heteroatoms. The smallest absolute Gasteiger partial charge is 0.175 e. The van der Waals surface area contributed by atoms with Crippen molar-refractivity contribution in [3.63, 3.8) is 0 Å². The Hall–Kier alpha value is -3.33. The Morgan fingerprint density at radius 1 is 1.26 bits per heavy atom. The van der Waals surface area contributed by atoms with Crippen LogP contribution in [0.5, 0.6) is 0 Å². The average Bonchev–Trinajstić information content (AvgIpc) is 2.89. The molecule has 4 rings (SSSR count). The van der Waals surface area contributed by atoms with Crippen LogP contribution in [0.15, 0.2) is 53.7 Å². The van der Waals surface area contributed by atoms with Crippen molar-refractivity contribution >= 4 is 41.8 Å². The summed E-state index contributed by atoms with van der Waals surface area (Å²) in [7, 11) is 0. The second-order valence-corrected chi connectivity index (χ2v) is 8.17. The molecule has 0 spiro atoms. The molecule has 1 aliphatic heterocycles. The van der Waals surface area contributed by atoms with Crippen molar-refractivity contribution in [3.8, 4) is 11.3 Å². The van der Waals surface area contributed by atoms with Gasteiger partial charge in [0.25, 0.3) is 0 Å². The molecule has 1 unspecified atom stereocenters. The van der Waals surface area contributed by atoms with Gasteiger partial charge in [0.05, 0.1) is 41.4 Å². The number of pyridine rings is 2. The standard InChI is InChI=1S/C25H26ClN5O3/c1-17(22-8-3-18(15-32)14-28-22)34-16-29-23-13-21(26)24(30-25(23)27-2)19-4-6-20(7-5-19)31-9-11-33-12-10-31/h3-8,13-15,17,29H,2,9-12,16H2,1H3. The zero-order valence-electron chi connectivity index (χ0n) is 18.9. The van der Waals surface area contributed by atoms with Crippen LogP contribution in [0.2, 0.25) is 5.02 Å². The normalized spacial score (nSPS) is 14.5. The molecule has 1 fully saturated rings. The fourth-order valence-electron chi connectivity index (χ4n) is 3.64. The minimum atomic E-state index is -0.277. The lowest BCUT2D eigenvalue weighted by Gasteiger charge is -2.28. The molecule has 0 saturated carbocycles. The Kier molecular flexibility index (Phi) is 7.84. The molecule has 1 atom stereocenters. The van der Waals surface area contributed by atoms with Gasteiger partial charge in [-0.1, -0.05) is 23.7 Å². The summed E-state index contributed by atoms with van der Waals surface area (Å²) in [6.07, 6.45) is 2.00. The van der Waals surface area contributed by atoms with Gasteiger partial charge < -0.3 is 19.7 Å². The Labute approximate surface area is 203 Å². The minimum Gasteiger partial charge on any atom is -0.378 e. The second kappa shape index (κ2) is 11.2. The zero-order valence-corrected chi connectivity index (χ0v) is 19.7. The van der Waals surface area contributed by atoms with Crippen LogP contribution in [-0.2, 0) is 9.47 Å². The number of nitrogens with one attached hydrogen (secondary N) is 1. The summed E-state index contributed by atoms with van der Waals surface area (Å²) in [5.74, 6) is 0.432. The highest BCUT2D eigenvalue weighted by Crippen LogP contribution is 2.34. The van der Waals surface area contributed by atoms with E-state index in [9.17, 15) is 4.79 Å². The Morgan fingerprint density at radius 2 is 2.03 bits per heavy atom. The van der Waals surface area contributed by atoms with Crippen LogP contribution in [0.4, 0.5) is 17.2 Å².